The summed E-state index contributed by atoms with van der Waals surface area (Å²) in [4.78, 5) is 18.0. The highest BCUT2D eigenvalue weighted by molar-refractivity contribution is 5.86. The average molecular weight is 391 g/mol. The van der Waals surface area contributed by atoms with Gasteiger partial charge in [0.05, 0.1) is 13.1 Å². The van der Waals surface area contributed by atoms with E-state index in [1.54, 1.807) is 19.0 Å². The first-order valence-corrected chi connectivity index (χ1v) is 10.1. The Labute approximate surface area is 168 Å². The molecule has 2 N–H and O–H groups in total. The number of nitrogens with zero attached hydrogens (tertiary/aromatic N) is 2. The number of carbonyl (C=O) groups excluding carboxylic acids is 1. The SMILES string of the molecule is CN(C)C(=O)CNC(=NCc1ccccc1)NCCCOCC1CCOCC1. The van der Waals surface area contributed by atoms with E-state index in [1.165, 1.54) is 0 Å². The van der Waals surface area contributed by atoms with Gasteiger partial charge in [-0.05, 0) is 30.7 Å². The molecule has 1 aliphatic rings. The minimum absolute atomic E-state index is 0.00834. The third kappa shape index (κ3) is 9.19. The van der Waals surface area contributed by atoms with Crippen LogP contribution in [-0.2, 0) is 20.8 Å². The van der Waals surface area contributed by atoms with Gasteiger partial charge in [-0.3, -0.25) is 4.79 Å². The van der Waals surface area contributed by atoms with Crippen LogP contribution in [0.25, 0.3) is 0 Å². The van der Waals surface area contributed by atoms with Gasteiger partial charge in [0.25, 0.3) is 0 Å². The number of guanidine groups is 1. The molecule has 0 aromatic heterocycles. The average Bonchev–Trinajstić information content (AvgIpc) is 2.73. The van der Waals surface area contributed by atoms with E-state index in [-0.39, 0.29) is 12.5 Å². The lowest BCUT2D eigenvalue weighted by Crippen LogP contribution is -2.43. The lowest BCUT2D eigenvalue weighted by molar-refractivity contribution is -0.127. The first kappa shape index (κ1) is 22.2. The molecule has 156 valence electrons. The van der Waals surface area contributed by atoms with Gasteiger partial charge >= 0.3 is 0 Å². The maximum absolute atomic E-state index is 11.8. The van der Waals surface area contributed by atoms with E-state index in [9.17, 15) is 4.79 Å². The topological polar surface area (TPSA) is 75.2 Å². The summed E-state index contributed by atoms with van der Waals surface area (Å²) in [6, 6.07) is 10.1. The third-order valence-corrected chi connectivity index (χ3v) is 4.62. The zero-order valence-electron chi connectivity index (χ0n) is 17.2. The molecule has 0 unspecified atom stereocenters. The Morgan fingerprint density at radius 1 is 1.21 bits per heavy atom. The monoisotopic (exact) mass is 390 g/mol. The Hall–Kier alpha value is -2.12. The fourth-order valence-electron chi connectivity index (χ4n) is 2.79. The maximum Gasteiger partial charge on any atom is 0.241 e. The smallest absolute Gasteiger partial charge is 0.241 e. The predicted molar refractivity (Wildman–Crippen MR) is 111 cm³/mol. The van der Waals surface area contributed by atoms with E-state index in [2.05, 4.69) is 15.6 Å². The summed E-state index contributed by atoms with van der Waals surface area (Å²) in [6.07, 6.45) is 3.08. The molecule has 1 aliphatic heterocycles. The first-order valence-electron chi connectivity index (χ1n) is 10.1. The summed E-state index contributed by atoms with van der Waals surface area (Å²) < 4.78 is 11.2. The number of hydrogen-bond donors (Lipinski definition) is 2. The van der Waals surface area contributed by atoms with Crippen molar-refractivity contribution < 1.29 is 14.3 Å². The summed E-state index contributed by atoms with van der Waals surface area (Å²) in [5.74, 6) is 1.28. The number of carbonyl (C=O) groups is 1. The molecule has 0 bridgehead atoms. The molecule has 0 spiro atoms. The fraction of sp³-hybridized carbons (Fsp3) is 0.619. The molecule has 7 nitrogen and oxygen atoms in total. The Morgan fingerprint density at radius 3 is 2.68 bits per heavy atom. The van der Waals surface area contributed by atoms with Crippen molar-refractivity contribution in [1.82, 2.24) is 15.5 Å². The Kier molecular flexibility index (Phi) is 10.4. The van der Waals surface area contributed by atoms with Gasteiger partial charge in [-0.25, -0.2) is 4.99 Å². The van der Waals surface area contributed by atoms with Crippen molar-refractivity contribution in [2.75, 3.05) is 53.6 Å². The second kappa shape index (κ2) is 13.1. The van der Waals surface area contributed by atoms with Crippen LogP contribution in [0.1, 0.15) is 24.8 Å². The number of benzene rings is 1. The summed E-state index contributed by atoms with van der Waals surface area (Å²) in [6.45, 7) is 4.76. The number of nitrogens with one attached hydrogen (secondary N) is 2. The van der Waals surface area contributed by atoms with E-state index in [4.69, 9.17) is 9.47 Å². The van der Waals surface area contributed by atoms with Crippen LogP contribution in [0, 0.1) is 5.92 Å². The van der Waals surface area contributed by atoms with Crippen LogP contribution in [0.4, 0.5) is 0 Å². The van der Waals surface area contributed by atoms with E-state index >= 15 is 0 Å². The second-order valence-corrected chi connectivity index (χ2v) is 7.20. The Balaban J connectivity index is 1.70. The number of amides is 1. The molecule has 0 saturated carbocycles. The first-order chi connectivity index (χ1) is 13.6. The van der Waals surface area contributed by atoms with Crippen LogP contribution in [0.2, 0.25) is 0 Å². The lowest BCUT2D eigenvalue weighted by atomic mass is 10.0. The van der Waals surface area contributed by atoms with Gasteiger partial charge < -0.3 is 25.0 Å². The highest BCUT2D eigenvalue weighted by Crippen LogP contribution is 2.14. The highest BCUT2D eigenvalue weighted by atomic mass is 16.5. The zero-order valence-corrected chi connectivity index (χ0v) is 17.2. The highest BCUT2D eigenvalue weighted by Gasteiger charge is 2.13. The van der Waals surface area contributed by atoms with E-state index in [0.717, 1.165) is 51.2 Å². The molecular formula is C21H34N4O3. The maximum atomic E-state index is 11.8. The van der Waals surface area contributed by atoms with Crippen molar-refractivity contribution in [1.29, 1.82) is 0 Å². The van der Waals surface area contributed by atoms with Gasteiger partial charge in [0.15, 0.2) is 5.96 Å². The molecule has 1 fully saturated rings. The van der Waals surface area contributed by atoms with Crippen LogP contribution in [-0.4, -0.2) is 70.4 Å². The molecule has 0 atom stereocenters. The lowest BCUT2D eigenvalue weighted by Gasteiger charge is -2.21. The van der Waals surface area contributed by atoms with E-state index < -0.39 is 0 Å². The van der Waals surface area contributed by atoms with Gasteiger partial charge in [0.1, 0.15) is 0 Å². The quantitative estimate of drug-likeness (QED) is 0.361. The summed E-state index contributed by atoms with van der Waals surface area (Å²) in [5.41, 5.74) is 1.13. The number of rotatable bonds is 10. The van der Waals surface area contributed by atoms with E-state index in [0.29, 0.717) is 25.0 Å². The minimum atomic E-state index is 0.00834. The molecule has 1 amide bonds. The predicted octanol–water partition coefficient (Wildman–Crippen LogP) is 1.64. The standard InChI is InChI=1S/C21H34N4O3/c1-25(2)20(26)16-24-21(23-15-18-7-4-3-5-8-18)22-11-6-12-28-17-19-9-13-27-14-10-19/h3-5,7-8,19H,6,9-17H2,1-2H3,(H2,22,23,24). The Bertz CT molecular complexity index is 587. The van der Waals surface area contributed by atoms with Crippen LogP contribution in [0.3, 0.4) is 0 Å². The third-order valence-electron chi connectivity index (χ3n) is 4.62. The van der Waals surface area contributed by atoms with Crippen LogP contribution in [0.5, 0.6) is 0 Å². The van der Waals surface area contributed by atoms with Crippen molar-refractivity contribution in [2.45, 2.75) is 25.8 Å². The van der Waals surface area contributed by atoms with Gasteiger partial charge in [-0.15, -0.1) is 0 Å². The summed E-state index contributed by atoms with van der Waals surface area (Å²) in [7, 11) is 3.49. The molecule has 1 aromatic carbocycles. The summed E-state index contributed by atoms with van der Waals surface area (Å²) in [5, 5.41) is 6.40. The van der Waals surface area contributed by atoms with E-state index in [1.807, 2.05) is 30.3 Å². The van der Waals surface area contributed by atoms with Crippen molar-refractivity contribution >= 4 is 11.9 Å². The minimum Gasteiger partial charge on any atom is -0.381 e. The largest absolute Gasteiger partial charge is 0.381 e. The number of likely N-dealkylation sites (N-methyl/N-ethyl adjacent to an activating group) is 1. The van der Waals surface area contributed by atoms with Crippen molar-refractivity contribution in [3.63, 3.8) is 0 Å². The van der Waals surface area contributed by atoms with Crippen LogP contribution < -0.4 is 10.6 Å². The Morgan fingerprint density at radius 2 is 1.96 bits per heavy atom. The molecule has 28 heavy (non-hydrogen) atoms. The van der Waals surface area contributed by atoms with Crippen molar-refractivity contribution in [3.8, 4) is 0 Å². The van der Waals surface area contributed by atoms with Gasteiger partial charge in [0.2, 0.25) is 5.91 Å². The molecule has 1 heterocycles. The normalized spacial score (nSPS) is 15.3. The fourth-order valence-corrected chi connectivity index (χ4v) is 2.79. The van der Waals surface area contributed by atoms with Gasteiger partial charge in [-0.1, -0.05) is 30.3 Å². The zero-order chi connectivity index (χ0) is 20.0. The molecule has 0 radical (unpaired) electrons. The molecule has 7 heteroatoms. The van der Waals surface area contributed by atoms with Crippen LogP contribution >= 0.6 is 0 Å². The van der Waals surface area contributed by atoms with Crippen molar-refractivity contribution in [3.05, 3.63) is 35.9 Å². The number of ether oxygens (including phenoxy) is 2. The molecule has 0 aliphatic carbocycles. The van der Waals surface area contributed by atoms with Crippen LogP contribution in [0.15, 0.2) is 35.3 Å². The molecule has 1 saturated heterocycles. The van der Waals surface area contributed by atoms with Gasteiger partial charge in [-0.2, -0.15) is 0 Å². The van der Waals surface area contributed by atoms with Gasteiger partial charge in [0, 0.05) is 47.1 Å². The molecule has 2 rings (SSSR count). The summed E-state index contributed by atoms with van der Waals surface area (Å²) >= 11 is 0. The number of hydrogen-bond acceptors (Lipinski definition) is 4. The second-order valence-electron chi connectivity index (χ2n) is 7.20. The molecular weight excluding hydrogens is 356 g/mol. The molecule has 1 aromatic rings. The van der Waals surface area contributed by atoms with Crippen molar-refractivity contribution in [2.24, 2.45) is 10.9 Å². The number of aliphatic imine (C=N–C) groups is 1.